The van der Waals surface area contributed by atoms with Crippen LogP contribution in [0.3, 0.4) is 0 Å². The number of aliphatic hydroxyl groups is 1. The smallest absolute Gasteiger partial charge is 0.202 e. The molecular weight excluding hydrogens is 427 g/mol. The molecule has 4 aliphatic rings. The van der Waals surface area contributed by atoms with Crippen molar-refractivity contribution >= 4 is 22.6 Å². The second-order valence-electron chi connectivity index (χ2n) is 7.84. The van der Waals surface area contributed by atoms with Crippen molar-refractivity contribution in [2.75, 3.05) is 0 Å². The van der Waals surface area contributed by atoms with Crippen LogP contribution in [0.1, 0.15) is 17.5 Å². The lowest BCUT2D eigenvalue weighted by Crippen LogP contribution is -2.44. The van der Waals surface area contributed by atoms with Crippen LogP contribution in [0.15, 0.2) is 60.7 Å². The lowest BCUT2D eigenvalue weighted by Gasteiger charge is -2.39. The average molecular weight is 446 g/mol. The van der Waals surface area contributed by atoms with Crippen LogP contribution in [0.25, 0.3) is 0 Å². The first kappa shape index (κ1) is 15.1. The lowest BCUT2D eigenvalue weighted by atomic mass is 9.72. The maximum atomic E-state index is 11.8. The van der Waals surface area contributed by atoms with Gasteiger partial charge in [0, 0.05) is 26.9 Å². The Bertz CT molecular complexity index is 828. The third-order valence-electron chi connectivity index (χ3n) is 6.87. The Morgan fingerprint density at radius 1 is 0.880 bits per heavy atom. The highest BCUT2D eigenvalue weighted by Crippen LogP contribution is 2.75. The lowest BCUT2D eigenvalue weighted by molar-refractivity contribution is -0.335. The molecule has 25 heavy (non-hydrogen) atoms. The van der Waals surface area contributed by atoms with E-state index in [1.54, 1.807) is 0 Å². The first-order chi connectivity index (χ1) is 12.2. The van der Waals surface area contributed by atoms with Crippen molar-refractivity contribution in [2.24, 2.45) is 23.7 Å². The minimum absolute atomic E-state index is 0.0840. The van der Waals surface area contributed by atoms with Crippen LogP contribution in [-0.2, 0) is 21.0 Å². The van der Waals surface area contributed by atoms with Crippen molar-refractivity contribution in [1.82, 2.24) is 0 Å². The van der Waals surface area contributed by atoms with E-state index < -0.39 is 11.6 Å². The average Bonchev–Trinajstić information content (AvgIpc) is 3.33. The normalized spacial score (nSPS) is 49.0. The molecule has 2 bridgehead atoms. The van der Waals surface area contributed by atoms with Gasteiger partial charge in [0.25, 0.3) is 0 Å². The maximum Gasteiger partial charge on any atom is 0.202 e. The Kier molecular flexibility index (Phi) is 2.94. The van der Waals surface area contributed by atoms with E-state index in [0.717, 1.165) is 17.5 Å². The predicted molar refractivity (Wildman–Crippen MR) is 101 cm³/mol. The molecule has 3 nitrogen and oxygen atoms in total. The van der Waals surface area contributed by atoms with Crippen molar-refractivity contribution in [3.05, 3.63) is 71.8 Å². The molecule has 2 saturated carbocycles. The summed E-state index contributed by atoms with van der Waals surface area (Å²) in [6.07, 6.45) is 1.38. The molecule has 0 aromatic heterocycles. The zero-order chi connectivity index (χ0) is 16.8. The van der Waals surface area contributed by atoms with Crippen LogP contribution in [0.4, 0.5) is 0 Å². The molecule has 0 spiro atoms. The van der Waals surface area contributed by atoms with Crippen LogP contribution in [0.2, 0.25) is 0 Å². The summed E-state index contributed by atoms with van der Waals surface area (Å²) in [4.78, 5) is 0. The first-order valence-corrected chi connectivity index (χ1v) is 10.3. The van der Waals surface area contributed by atoms with E-state index in [0.29, 0.717) is 15.8 Å². The molecule has 8 atom stereocenters. The Morgan fingerprint density at radius 3 is 2.20 bits per heavy atom. The molecule has 2 aliphatic carbocycles. The number of alkyl halides is 1. The third-order valence-corrected chi connectivity index (χ3v) is 8.50. The van der Waals surface area contributed by atoms with Gasteiger partial charge in [-0.25, -0.2) is 0 Å². The molecule has 2 heterocycles. The van der Waals surface area contributed by atoms with Gasteiger partial charge in [0.05, 0.1) is 6.10 Å². The molecule has 4 heteroatoms. The summed E-state index contributed by atoms with van der Waals surface area (Å²) in [6, 6.07) is 20.1. The summed E-state index contributed by atoms with van der Waals surface area (Å²) < 4.78 is 13.6. The SMILES string of the molecule is O[C@@]1(c2ccccc2)O[C@]2(c3ccccc3)O[C@@H]3[C@@H](I)[C@H]4C[C@@H]3[C@@H]2[C@H]41. The number of fused-ring (bicyclic) bond motifs is 2. The Labute approximate surface area is 160 Å². The quantitative estimate of drug-likeness (QED) is 0.564. The van der Waals surface area contributed by atoms with Crippen LogP contribution in [-0.4, -0.2) is 15.1 Å². The molecule has 0 amide bonds. The highest BCUT2D eigenvalue weighted by atomic mass is 127. The van der Waals surface area contributed by atoms with Gasteiger partial charge < -0.3 is 14.6 Å². The largest absolute Gasteiger partial charge is 0.361 e. The van der Waals surface area contributed by atoms with Crippen LogP contribution in [0.5, 0.6) is 0 Å². The van der Waals surface area contributed by atoms with Gasteiger partial charge in [-0.1, -0.05) is 83.3 Å². The number of benzene rings is 2. The summed E-state index contributed by atoms with van der Waals surface area (Å²) in [7, 11) is 0. The molecule has 2 aliphatic heterocycles. The van der Waals surface area contributed by atoms with Gasteiger partial charge in [0.2, 0.25) is 5.79 Å². The first-order valence-electron chi connectivity index (χ1n) is 9.01. The van der Waals surface area contributed by atoms with Gasteiger partial charge in [-0.15, -0.1) is 0 Å². The molecule has 0 radical (unpaired) electrons. The van der Waals surface area contributed by atoms with Gasteiger partial charge in [0.1, 0.15) is 0 Å². The van der Waals surface area contributed by atoms with Gasteiger partial charge in [-0.2, -0.15) is 0 Å². The number of rotatable bonds is 2. The molecule has 128 valence electrons. The second kappa shape index (κ2) is 4.85. The summed E-state index contributed by atoms with van der Waals surface area (Å²) >= 11 is 2.54. The number of halogens is 1. The summed E-state index contributed by atoms with van der Waals surface area (Å²) in [5.41, 5.74) is 1.89. The topological polar surface area (TPSA) is 38.7 Å². The van der Waals surface area contributed by atoms with Crippen molar-refractivity contribution in [2.45, 2.75) is 28.0 Å². The van der Waals surface area contributed by atoms with E-state index in [4.69, 9.17) is 9.47 Å². The monoisotopic (exact) mass is 446 g/mol. The van der Waals surface area contributed by atoms with E-state index in [1.807, 2.05) is 48.5 Å². The van der Waals surface area contributed by atoms with Crippen molar-refractivity contribution < 1.29 is 14.6 Å². The molecule has 1 N–H and O–H groups in total. The minimum Gasteiger partial charge on any atom is -0.361 e. The van der Waals surface area contributed by atoms with Crippen LogP contribution >= 0.6 is 22.6 Å². The van der Waals surface area contributed by atoms with E-state index in [9.17, 15) is 5.11 Å². The van der Waals surface area contributed by atoms with E-state index in [-0.39, 0.29) is 17.9 Å². The zero-order valence-electron chi connectivity index (χ0n) is 13.6. The van der Waals surface area contributed by atoms with Gasteiger partial charge in [-0.3, -0.25) is 0 Å². The Balaban J connectivity index is 1.58. The molecule has 4 fully saturated rings. The fraction of sp³-hybridized carbons (Fsp3) is 0.429. The molecule has 2 saturated heterocycles. The van der Waals surface area contributed by atoms with E-state index in [1.165, 1.54) is 0 Å². The fourth-order valence-electron chi connectivity index (χ4n) is 6.08. The molecule has 6 rings (SSSR count). The Hall–Kier alpha value is -0.950. The molecule has 2 aromatic carbocycles. The highest BCUT2D eigenvalue weighted by molar-refractivity contribution is 14.1. The van der Waals surface area contributed by atoms with Crippen LogP contribution in [0, 0.1) is 23.7 Å². The molecule has 0 unspecified atom stereocenters. The van der Waals surface area contributed by atoms with Crippen molar-refractivity contribution in [1.29, 1.82) is 0 Å². The summed E-state index contributed by atoms with van der Waals surface area (Å²) in [5.74, 6) is -0.869. The standard InChI is InChI=1S/C21H19IO3/c22-18-14-11-15-17-16(14)20(23,12-7-3-1-4-8-12)25-21(17,24-19(15)18)13-9-5-2-6-10-13/h1-10,14-19,23H,11H2/t14-,15+,16-,17+,18-,19-,20-,21-/m0/s1. The number of hydrogen-bond donors (Lipinski definition) is 1. The third kappa shape index (κ3) is 1.68. The maximum absolute atomic E-state index is 11.8. The van der Waals surface area contributed by atoms with E-state index in [2.05, 4.69) is 34.7 Å². The Morgan fingerprint density at radius 2 is 1.52 bits per heavy atom. The second-order valence-corrected chi connectivity index (χ2v) is 9.28. The van der Waals surface area contributed by atoms with Gasteiger partial charge >= 0.3 is 0 Å². The summed E-state index contributed by atoms with van der Waals surface area (Å²) in [5, 5.41) is 11.8. The minimum atomic E-state index is -1.28. The number of ether oxygens (including phenoxy) is 2. The fourth-order valence-corrected chi connectivity index (χ4v) is 7.50. The molecular formula is C21H19IO3. The summed E-state index contributed by atoms with van der Waals surface area (Å²) in [6.45, 7) is 0. The predicted octanol–water partition coefficient (Wildman–Crippen LogP) is 3.80. The van der Waals surface area contributed by atoms with Crippen molar-refractivity contribution in [3.63, 3.8) is 0 Å². The zero-order valence-corrected chi connectivity index (χ0v) is 15.7. The molecule has 2 aromatic rings. The van der Waals surface area contributed by atoms with E-state index >= 15 is 0 Å². The van der Waals surface area contributed by atoms with Crippen LogP contribution < -0.4 is 0 Å². The van der Waals surface area contributed by atoms with Gasteiger partial charge in [0.15, 0.2) is 5.79 Å². The van der Waals surface area contributed by atoms with Crippen molar-refractivity contribution in [3.8, 4) is 0 Å². The van der Waals surface area contributed by atoms with Gasteiger partial charge in [-0.05, 0) is 18.3 Å². The number of hydrogen-bond acceptors (Lipinski definition) is 3. The highest BCUT2D eigenvalue weighted by Gasteiger charge is 2.80.